The molecule has 0 bridgehead atoms. The molecule has 0 N–H and O–H groups in total. The maximum Gasteiger partial charge on any atom is 0.406 e. The van der Waals surface area contributed by atoms with Crippen molar-refractivity contribution < 1.29 is 36.2 Å². The largest absolute Gasteiger partial charge is 0.493 e. The van der Waals surface area contributed by atoms with Crippen LogP contribution in [0.4, 0.5) is 22.0 Å². The van der Waals surface area contributed by atoms with Gasteiger partial charge in [0.05, 0.1) is 12.7 Å². The van der Waals surface area contributed by atoms with Crippen LogP contribution >= 0.6 is 0 Å². The fraction of sp³-hybridized carbons (Fsp3) is 0.357. The van der Waals surface area contributed by atoms with Gasteiger partial charge in [-0.25, -0.2) is 0 Å². The van der Waals surface area contributed by atoms with Crippen LogP contribution in [0.25, 0.3) is 0 Å². The highest BCUT2D eigenvalue weighted by Gasteiger charge is 2.34. The van der Waals surface area contributed by atoms with Gasteiger partial charge < -0.3 is 14.4 Å². The minimum Gasteiger partial charge on any atom is -0.493 e. The Morgan fingerprint density at radius 3 is 2.52 bits per heavy atom. The van der Waals surface area contributed by atoms with E-state index in [0.717, 1.165) is 19.3 Å². The number of methoxy groups -OCH3 is 1. The van der Waals surface area contributed by atoms with Crippen LogP contribution in [0.1, 0.15) is 10.4 Å². The van der Waals surface area contributed by atoms with E-state index in [2.05, 4.69) is 11.3 Å². The Kier molecular flexibility index (Phi) is 6.35. The summed E-state index contributed by atoms with van der Waals surface area (Å²) in [5.74, 6) is -1.94. The zero-order chi connectivity index (χ0) is 17.6. The number of hydrogen-bond donors (Lipinski definition) is 0. The van der Waals surface area contributed by atoms with Crippen molar-refractivity contribution in [3.05, 3.63) is 36.4 Å². The molecule has 0 unspecified atom stereocenters. The summed E-state index contributed by atoms with van der Waals surface area (Å²) in [4.78, 5) is 12.7. The molecule has 23 heavy (non-hydrogen) atoms. The van der Waals surface area contributed by atoms with Gasteiger partial charge in [-0.1, -0.05) is 12.1 Å². The molecule has 1 rings (SSSR count). The van der Waals surface area contributed by atoms with E-state index in [4.69, 9.17) is 4.74 Å². The van der Waals surface area contributed by atoms with E-state index >= 15 is 0 Å². The molecule has 0 aliphatic carbocycles. The first-order chi connectivity index (χ1) is 10.7. The van der Waals surface area contributed by atoms with Crippen LogP contribution in [0, 0.1) is 0 Å². The molecule has 4 nitrogen and oxygen atoms in total. The van der Waals surface area contributed by atoms with Gasteiger partial charge in [-0.05, 0) is 12.1 Å². The van der Waals surface area contributed by atoms with Crippen molar-refractivity contribution in [2.45, 2.75) is 12.8 Å². The average molecular weight is 339 g/mol. The second kappa shape index (κ2) is 7.80. The molecule has 0 fully saturated rings. The van der Waals surface area contributed by atoms with Gasteiger partial charge in [0.15, 0.2) is 11.5 Å². The monoisotopic (exact) mass is 339 g/mol. The molecule has 1 aromatic carbocycles. The lowest BCUT2D eigenvalue weighted by Crippen LogP contribution is -2.39. The van der Waals surface area contributed by atoms with Crippen LogP contribution in [0.15, 0.2) is 30.9 Å². The van der Waals surface area contributed by atoms with Crippen LogP contribution in [0.5, 0.6) is 11.5 Å². The van der Waals surface area contributed by atoms with E-state index in [1.165, 1.54) is 12.1 Å². The zero-order valence-electron chi connectivity index (χ0n) is 12.1. The van der Waals surface area contributed by atoms with Gasteiger partial charge in [0.1, 0.15) is 6.54 Å². The molecule has 128 valence electrons. The molecular formula is C14H14F5NO3. The Hall–Kier alpha value is -2.32. The molecule has 1 amide bonds. The summed E-state index contributed by atoms with van der Waals surface area (Å²) < 4.78 is 71.7. The first kappa shape index (κ1) is 18.7. The van der Waals surface area contributed by atoms with Crippen LogP contribution in [-0.2, 0) is 0 Å². The second-order valence-corrected chi connectivity index (χ2v) is 4.30. The Morgan fingerprint density at radius 1 is 1.39 bits per heavy atom. The van der Waals surface area contributed by atoms with Gasteiger partial charge >= 0.3 is 12.8 Å². The molecule has 0 saturated carbocycles. The van der Waals surface area contributed by atoms with Crippen LogP contribution in [0.3, 0.4) is 0 Å². The van der Waals surface area contributed by atoms with E-state index in [1.807, 2.05) is 0 Å². The number of amides is 1. The van der Waals surface area contributed by atoms with Gasteiger partial charge in [0.25, 0.3) is 5.91 Å². The van der Waals surface area contributed by atoms with Crippen molar-refractivity contribution >= 4 is 5.91 Å². The fourth-order valence-electron chi connectivity index (χ4n) is 1.82. The number of ether oxygens (including phenoxy) is 2. The number of para-hydroxylation sites is 1. The average Bonchev–Trinajstić information content (AvgIpc) is 2.44. The van der Waals surface area contributed by atoms with Gasteiger partial charge in [0, 0.05) is 6.54 Å². The third-order valence-corrected chi connectivity index (χ3v) is 2.64. The summed E-state index contributed by atoms with van der Waals surface area (Å²) in [6, 6.07) is 3.61. The molecule has 0 spiro atoms. The summed E-state index contributed by atoms with van der Waals surface area (Å²) in [6.45, 7) is -1.96. The SMILES string of the molecule is C=CCN(CC(F)(F)F)C(=O)c1cccc(OC)c1OC(F)F. The highest BCUT2D eigenvalue weighted by Crippen LogP contribution is 2.33. The van der Waals surface area contributed by atoms with Gasteiger partial charge in [-0.2, -0.15) is 22.0 Å². The Morgan fingerprint density at radius 2 is 2.04 bits per heavy atom. The molecule has 0 heterocycles. The Labute approximate surface area is 129 Å². The Bertz CT molecular complexity index is 560. The van der Waals surface area contributed by atoms with Crippen molar-refractivity contribution in [1.82, 2.24) is 4.90 Å². The summed E-state index contributed by atoms with van der Waals surface area (Å²) >= 11 is 0. The summed E-state index contributed by atoms with van der Waals surface area (Å²) in [5.41, 5.74) is -0.462. The lowest BCUT2D eigenvalue weighted by Gasteiger charge is -2.24. The minimum atomic E-state index is -4.65. The molecule has 0 radical (unpaired) electrons. The van der Waals surface area contributed by atoms with Crippen molar-refractivity contribution in [3.8, 4) is 11.5 Å². The smallest absolute Gasteiger partial charge is 0.406 e. The van der Waals surface area contributed by atoms with Gasteiger partial charge in [-0.3, -0.25) is 4.79 Å². The maximum absolute atomic E-state index is 12.6. The highest BCUT2D eigenvalue weighted by atomic mass is 19.4. The Balaban J connectivity index is 3.25. The number of benzene rings is 1. The lowest BCUT2D eigenvalue weighted by atomic mass is 10.1. The second-order valence-electron chi connectivity index (χ2n) is 4.30. The highest BCUT2D eigenvalue weighted by molar-refractivity contribution is 5.98. The van der Waals surface area contributed by atoms with E-state index in [0.29, 0.717) is 4.90 Å². The number of rotatable bonds is 7. The normalized spacial score (nSPS) is 11.3. The maximum atomic E-state index is 12.6. The van der Waals surface area contributed by atoms with E-state index in [-0.39, 0.29) is 5.75 Å². The van der Waals surface area contributed by atoms with Crippen molar-refractivity contribution in [1.29, 1.82) is 0 Å². The van der Waals surface area contributed by atoms with Crippen LogP contribution < -0.4 is 9.47 Å². The van der Waals surface area contributed by atoms with Crippen molar-refractivity contribution in [2.75, 3.05) is 20.2 Å². The topological polar surface area (TPSA) is 38.8 Å². The molecule has 0 saturated heterocycles. The summed E-state index contributed by atoms with van der Waals surface area (Å²) in [6.07, 6.45) is -3.56. The predicted octanol–water partition coefficient (Wildman–Crippen LogP) is 3.49. The van der Waals surface area contributed by atoms with E-state index < -0.39 is 43.1 Å². The molecule has 0 aliphatic heterocycles. The number of carbonyl (C=O) groups excluding carboxylic acids is 1. The van der Waals surface area contributed by atoms with E-state index in [1.54, 1.807) is 0 Å². The molecule has 9 heteroatoms. The molecule has 0 atom stereocenters. The fourth-order valence-corrected chi connectivity index (χ4v) is 1.82. The third kappa shape index (κ3) is 5.42. The van der Waals surface area contributed by atoms with Crippen molar-refractivity contribution in [3.63, 3.8) is 0 Å². The van der Waals surface area contributed by atoms with Gasteiger partial charge in [0.2, 0.25) is 0 Å². The first-order valence-corrected chi connectivity index (χ1v) is 6.28. The lowest BCUT2D eigenvalue weighted by molar-refractivity contribution is -0.139. The number of hydrogen-bond acceptors (Lipinski definition) is 3. The zero-order valence-corrected chi connectivity index (χ0v) is 12.1. The molecular weight excluding hydrogens is 325 g/mol. The molecule has 1 aromatic rings. The number of nitrogens with zero attached hydrogens (tertiary/aromatic N) is 1. The van der Waals surface area contributed by atoms with E-state index in [9.17, 15) is 26.7 Å². The third-order valence-electron chi connectivity index (χ3n) is 2.64. The minimum absolute atomic E-state index is 0.193. The molecule has 0 aromatic heterocycles. The van der Waals surface area contributed by atoms with Crippen LogP contribution in [-0.4, -0.2) is 43.8 Å². The number of alkyl halides is 5. The summed E-state index contributed by atoms with van der Waals surface area (Å²) in [5, 5.41) is 0. The van der Waals surface area contributed by atoms with Crippen molar-refractivity contribution in [2.24, 2.45) is 0 Å². The predicted molar refractivity (Wildman–Crippen MR) is 71.8 cm³/mol. The molecule has 0 aliphatic rings. The number of halogens is 5. The van der Waals surface area contributed by atoms with Crippen LogP contribution in [0.2, 0.25) is 0 Å². The standard InChI is InChI=1S/C14H14F5NO3/c1-3-7-20(8-14(17,18)19)12(21)9-5-4-6-10(22-2)11(9)23-13(15)16/h3-6,13H,1,7-8H2,2H3. The first-order valence-electron chi connectivity index (χ1n) is 6.28. The van der Waals surface area contributed by atoms with Gasteiger partial charge in [-0.15, -0.1) is 6.58 Å². The summed E-state index contributed by atoms with van der Waals surface area (Å²) in [7, 11) is 1.15. The number of carbonyl (C=O) groups is 1. The quantitative estimate of drug-likeness (QED) is 0.564.